The number of morpholine rings is 1. The molecule has 1 aromatic carbocycles. The normalized spacial score (nSPS) is 24.1. The first-order valence-electron chi connectivity index (χ1n) is 7.69. The number of rotatable bonds is 6. The minimum absolute atomic E-state index is 0.0446. The van der Waals surface area contributed by atoms with Gasteiger partial charge in [0.15, 0.2) is 0 Å². The van der Waals surface area contributed by atoms with E-state index in [1.54, 1.807) is 12.1 Å². The van der Waals surface area contributed by atoms with Crippen LogP contribution < -0.4 is 0 Å². The molecular weight excluding hydrogens is 304 g/mol. The van der Waals surface area contributed by atoms with Crippen LogP contribution in [0, 0.1) is 10.1 Å². The lowest BCUT2D eigenvalue weighted by atomic mass is 9.95. The van der Waals surface area contributed by atoms with Gasteiger partial charge in [0.25, 0.3) is 0 Å². The Hall–Kier alpha value is -1.17. The van der Waals surface area contributed by atoms with E-state index in [1.807, 2.05) is 12.1 Å². The number of nitrogens with zero attached hydrogens (tertiary/aromatic N) is 2. The maximum atomic E-state index is 11.0. The van der Waals surface area contributed by atoms with Crippen molar-refractivity contribution in [1.29, 1.82) is 0 Å². The van der Waals surface area contributed by atoms with Crippen LogP contribution in [0.3, 0.4) is 0 Å². The maximum absolute atomic E-state index is 11.0. The summed E-state index contributed by atoms with van der Waals surface area (Å²) in [5.74, 6) is -0.0827. The van der Waals surface area contributed by atoms with Gasteiger partial charge >= 0.3 is 0 Å². The molecule has 3 atom stereocenters. The molecule has 0 amide bonds. The fourth-order valence-corrected chi connectivity index (χ4v) is 3.21. The number of benzene rings is 1. The third-order valence-electron chi connectivity index (χ3n) is 4.00. The Labute approximate surface area is 136 Å². The van der Waals surface area contributed by atoms with Crippen LogP contribution in [0.15, 0.2) is 24.3 Å². The van der Waals surface area contributed by atoms with Crippen LogP contribution in [0.5, 0.6) is 0 Å². The molecule has 1 fully saturated rings. The highest BCUT2D eigenvalue weighted by Gasteiger charge is 2.24. The predicted octanol–water partition coefficient (Wildman–Crippen LogP) is 3.20. The van der Waals surface area contributed by atoms with Crippen molar-refractivity contribution in [1.82, 2.24) is 4.90 Å². The largest absolute Gasteiger partial charge is 0.373 e. The molecule has 1 aromatic rings. The average Bonchev–Trinajstić information content (AvgIpc) is 2.43. The van der Waals surface area contributed by atoms with Gasteiger partial charge in [-0.2, -0.15) is 0 Å². The van der Waals surface area contributed by atoms with Gasteiger partial charge in [-0.15, -0.1) is 0 Å². The highest BCUT2D eigenvalue weighted by atomic mass is 35.5. The van der Waals surface area contributed by atoms with E-state index < -0.39 is 0 Å². The van der Waals surface area contributed by atoms with Crippen LogP contribution in [0.4, 0.5) is 0 Å². The Balaban J connectivity index is 1.97. The van der Waals surface area contributed by atoms with Crippen LogP contribution in [-0.4, -0.2) is 48.2 Å². The minimum Gasteiger partial charge on any atom is -0.373 e. The van der Waals surface area contributed by atoms with E-state index in [9.17, 15) is 10.1 Å². The van der Waals surface area contributed by atoms with Crippen molar-refractivity contribution in [2.75, 3.05) is 26.2 Å². The first-order valence-corrected chi connectivity index (χ1v) is 8.07. The first-order chi connectivity index (χ1) is 10.4. The Morgan fingerprint density at radius 2 is 1.91 bits per heavy atom. The molecule has 5 nitrogen and oxygen atoms in total. The molecule has 0 bridgehead atoms. The van der Waals surface area contributed by atoms with E-state index in [2.05, 4.69) is 18.7 Å². The van der Waals surface area contributed by atoms with Crippen molar-refractivity contribution >= 4 is 11.6 Å². The molecule has 0 saturated carbocycles. The van der Waals surface area contributed by atoms with Crippen LogP contribution in [0.1, 0.15) is 31.7 Å². The Bertz CT molecular complexity index is 485. The molecule has 0 radical (unpaired) electrons. The first kappa shape index (κ1) is 17.2. The summed E-state index contributed by atoms with van der Waals surface area (Å²) < 4.78 is 5.72. The SMILES string of the molecule is C[C@@H]1CN(CC[C@@H](C[N+](=O)[O-])c2ccc(Cl)cc2)C[C@@H](C)O1. The van der Waals surface area contributed by atoms with Gasteiger partial charge in [-0.3, -0.25) is 15.0 Å². The molecule has 1 saturated heterocycles. The number of ether oxygens (including phenoxy) is 1. The van der Waals surface area contributed by atoms with Gasteiger partial charge in [-0.1, -0.05) is 23.7 Å². The van der Waals surface area contributed by atoms with Gasteiger partial charge in [0.2, 0.25) is 6.54 Å². The average molecular weight is 327 g/mol. The monoisotopic (exact) mass is 326 g/mol. The molecule has 6 heteroatoms. The van der Waals surface area contributed by atoms with Crippen LogP contribution in [0.25, 0.3) is 0 Å². The lowest BCUT2D eigenvalue weighted by molar-refractivity contribution is -0.483. The van der Waals surface area contributed by atoms with Crippen molar-refractivity contribution < 1.29 is 9.66 Å². The summed E-state index contributed by atoms with van der Waals surface area (Å²) in [5.41, 5.74) is 0.982. The molecule has 2 rings (SSSR count). The van der Waals surface area contributed by atoms with E-state index in [0.717, 1.165) is 31.6 Å². The van der Waals surface area contributed by atoms with Gasteiger partial charge in [-0.25, -0.2) is 0 Å². The van der Waals surface area contributed by atoms with Gasteiger partial charge in [0, 0.05) is 29.0 Å². The zero-order chi connectivity index (χ0) is 16.1. The van der Waals surface area contributed by atoms with Crippen LogP contribution in [0.2, 0.25) is 5.02 Å². The van der Waals surface area contributed by atoms with E-state index in [-0.39, 0.29) is 29.6 Å². The molecule has 1 heterocycles. The minimum atomic E-state index is -0.232. The number of hydrogen-bond donors (Lipinski definition) is 0. The summed E-state index contributed by atoms with van der Waals surface area (Å²) in [6.45, 7) is 6.70. The summed E-state index contributed by atoms with van der Waals surface area (Å²) in [5, 5.41) is 11.6. The molecule has 122 valence electrons. The summed E-state index contributed by atoms with van der Waals surface area (Å²) in [7, 11) is 0. The third-order valence-corrected chi connectivity index (χ3v) is 4.25. The van der Waals surface area contributed by atoms with E-state index >= 15 is 0 Å². The fraction of sp³-hybridized carbons (Fsp3) is 0.625. The highest BCUT2D eigenvalue weighted by Crippen LogP contribution is 2.23. The van der Waals surface area contributed by atoms with Crippen molar-refractivity contribution in [3.63, 3.8) is 0 Å². The van der Waals surface area contributed by atoms with Crippen molar-refractivity contribution in [2.24, 2.45) is 0 Å². The van der Waals surface area contributed by atoms with Crippen molar-refractivity contribution in [3.8, 4) is 0 Å². The molecule has 0 unspecified atom stereocenters. The number of halogens is 1. The van der Waals surface area contributed by atoms with Crippen molar-refractivity contribution in [2.45, 2.75) is 38.4 Å². The quantitative estimate of drug-likeness (QED) is 0.595. The molecule has 0 aliphatic carbocycles. The van der Waals surface area contributed by atoms with Gasteiger partial charge in [-0.05, 0) is 44.5 Å². The molecular formula is C16H23ClN2O3. The summed E-state index contributed by atoms with van der Waals surface area (Å²) in [6, 6.07) is 7.37. The molecule has 0 aromatic heterocycles. The fourth-order valence-electron chi connectivity index (χ4n) is 3.08. The molecule has 0 spiro atoms. The smallest absolute Gasteiger partial charge is 0.210 e. The van der Waals surface area contributed by atoms with Crippen molar-refractivity contribution in [3.05, 3.63) is 45.0 Å². The number of nitro groups is 1. The Morgan fingerprint density at radius 3 is 2.45 bits per heavy atom. The summed E-state index contributed by atoms with van der Waals surface area (Å²) in [4.78, 5) is 13.1. The third kappa shape index (κ3) is 5.23. The second-order valence-electron chi connectivity index (χ2n) is 6.07. The molecule has 22 heavy (non-hydrogen) atoms. The zero-order valence-corrected chi connectivity index (χ0v) is 13.8. The van der Waals surface area contributed by atoms with E-state index in [1.165, 1.54) is 0 Å². The summed E-state index contributed by atoms with van der Waals surface area (Å²) >= 11 is 5.90. The Kier molecular flexibility index (Phi) is 6.17. The predicted molar refractivity (Wildman–Crippen MR) is 87.1 cm³/mol. The number of hydrogen-bond acceptors (Lipinski definition) is 4. The molecule has 1 aliphatic heterocycles. The maximum Gasteiger partial charge on any atom is 0.210 e. The highest BCUT2D eigenvalue weighted by molar-refractivity contribution is 6.30. The topological polar surface area (TPSA) is 55.6 Å². The lowest BCUT2D eigenvalue weighted by Gasteiger charge is -2.35. The Morgan fingerprint density at radius 1 is 1.32 bits per heavy atom. The second kappa shape index (κ2) is 7.90. The van der Waals surface area contributed by atoms with E-state index in [0.29, 0.717) is 5.02 Å². The van der Waals surface area contributed by atoms with Gasteiger partial charge in [0.05, 0.1) is 12.2 Å². The van der Waals surface area contributed by atoms with Gasteiger partial charge < -0.3 is 4.74 Å². The standard InChI is InChI=1S/C16H23ClN2O3/c1-12-9-18(10-13(2)22-12)8-7-15(11-19(20)21)14-3-5-16(17)6-4-14/h3-6,12-13,15H,7-11H2,1-2H3/t12-,13-,15+/m1/s1. The van der Waals surface area contributed by atoms with Crippen LogP contribution >= 0.6 is 11.6 Å². The molecule has 1 aliphatic rings. The lowest BCUT2D eigenvalue weighted by Crippen LogP contribution is -2.46. The van der Waals surface area contributed by atoms with E-state index in [4.69, 9.17) is 16.3 Å². The van der Waals surface area contributed by atoms with Crippen LogP contribution in [-0.2, 0) is 4.74 Å². The zero-order valence-electron chi connectivity index (χ0n) is 13.1. The van der Waals surface area contributed by atoms with Gasteiger partial charge in [0.1, 0.15) is 0 Å². The second-order valence-corrected chi connectivity index (χ2v) is 6.51. The molecule has 0 N–H and O–H groups in total. The summed E-state index contributed by atoms with van der Waals surface area (Å²) in [6.07, 6.45) is 1.20.